The van der Waals surface area contributed by atoms with Crippen LogP contribution in [0.1, 0.15) is 30.1 Å². The average molecular weight is 431 g/mol. The summed E-state index contributed by atoms with van der Waals surface area (Å²) in [7, 11) is -3.91. The fraction of sp³-hybridized carbons (Fsp3) is 0.263. The maximum Gasteiger partial charge on any atom is 0.246 e. The number of carbonyl (C=O) groups is 2. The number of amides is 1. The lowest BCUT2D eigenvalue weighted by Crippen LogP contribution is -2.43. The van der Waals surface area contributed by atoms with Gasteiger partial charge in [0, 0.05) is 17.8 Å². The Hall–Kier alpha value is -2.69. The van der Waals surface area contributed by atoms with Gasteiger partial charge in [-0.2, -0.15) is 13.1 Å². The first kappa shape index (κ1) is 19.6. The minimum absolute atomic E-state index is 0.0641. The number of anilines is 1. The zero-order valence-corrected chi connectivity index (χ0v) is 17.2. The number of ketones is 1. The monoisotopic (exact) mass is 430 g/mol. The standard InChI is InChI=1S/C19H18N4O4S2/c1-12(24)13-7-9-14(10-8-13)20-19(25)16-5-3-11-23(16)29(26,27)17-6-2-4-15-18(17)22-28-21-15/h2,4,6-10,16H,3,5,11H2,1H3,(H,20,25). The topological polar surface area (TPSA) is 109 Å². The second-order valence-electron chi connectivity index (χ2n) is 6.78. The zero-order valence-electron chi connectivity index (χ0n) is 15.5. The van der Waals surface area contributed by atoms with E-state index in [0.29, 0.717) is 35.1 Å². The molecule has 0 saturated carbocycles. The van der Waals surface area contributed by atoms with Crippen LogP contribution in [-0.2, 0) is 14.8 Å². The summed E-state index contributed by atoms with van der Waals surface area (Å²) in [6.07, 6.45) is 1.02. The molecule has 1 amide bonds. The summed E-state index contributed by atoms with van der Waals surface area (Å²) in [5, 5.41) is 2.75. The maximum absolute atomic E-state index is 13.3. The van der Waals surface area contributed by atoms with Crippen molar-refractivity contribution in [3.05, 3.63) is 48.0 Å². The van der Waals surface area contributed by atoms with E-state index in [-0.39, 0.29) is 17.2 Å². The van der Waals surface area contributed by atoms with E-state index in [1.54, 1.807) is 36.4 Å². The number of nitrogens with one attached hydrogen (secondary N) is 1. The van der Waals surface area contributed by atoms with Gasteiger partial charge in [0.25, 0.3) is 0 Å². The minimum Gasteiger partial charge on any atom is -0.325 e. The molecule has 2 heterocycles. The molecule has 4 rings (SSSR count). The van der Waals surface area contributed by atoms with Crippen LogP contribution in [0.4, 0.5) is 5.69 Å². The Labute approximate surface area is 171 Å². The van der Waals surface area contributed by atoms with Crippen LogP contribution in [-0.4, -0.2) is 45.7 Å². The fourth-order valence-corrected chi connectivity index (χ4v) is 5.83. The van der Waals surface area contributed by atoms with Crippen molar-refractivity contribution in [3.63, 3.8) is 0 Å². The molecular formula is C19H18N4O4S2. The van der Waals surface area contributed by atoms with Crippen LogP contribution < -0.4 is 5.32 Å². The molecule has 1 aliphatic heterocycles. The molecule has 0 radical (unpaired) electrons. The molecule has 8 nitrogen and oxygen atoms in total. The molecule has 0 bridgehead atoms. The number of hydrogen-bond acceptors (Lipinski definition) is 7. The predicted octanol–water partition coefficient (Wildman–Crippen LogP) is 2.69. The lowest BCUT2D eigenvalue weighted by molar-refractivity contribution is -0.119. The summed E-state index contributed by atoms with van der Waals surface area (Å²) in [6, 6.07) is 10.5. The van der Waals surface area contributed by atoms with Crippen molar-refractivity contribution in [3.8, 4) is 0 Å². The molecule has 1 saturated heterocycles. The van der Waals surface area contributed by atoms with Crippen molar-refractivity contribution in [2.75, 3.05) is 11.9 Å². The number of hydrogen-bond donors (Lipinski definition) is 1. The summed E-state index contributed by atoms with van der Waals surface area (Å²) < 4.78 is 36.0. The quantitative estimate of drug-likeness (QED) is 0.623. The second-order valence-corrected chi connectivity index (χ2v) is 9.17. The normalized spacial score (nSPS) is 17.5. The van der Waals surface area contributed by atoms with Gasteiger partial charge in [-0.05, 0) is 56.2 Å². The van der Waals surface area contributed by atoms with Gasteiger partial charge in [-0.1, -0.05) is 6.07 Å². The lowest BCUT2D eigenvalue weighted by atomic mass is 10.1. The van der Waals surface area contributed by atoms with E-state index in [1.165, 1.54) is 17.3 Å². The van der Waals surface area contributed by atoms with Crippen molar-refractivity contribution in [2.45, 2.75) is 30.7 Å². The molecule has 0 spiro atoms. The Morgan fingerprint density at radius 2 is 1.90 bits per heavy atom. The number of rotatable bonds is 5. The lowest BCUT2D eigenvalue weighted by Gasteiger charge is -2.23. The SMILES string of the molecule is CC(=O)c1ccc(NC(=O)C2CCCN2S(=O)(=O)c2cccc3nsnc23)cc1. The Kier molecular flexibility index (Phi) is 5.15. The first-order valence-corrected chi connectivity index (χ1v) is 11.2. The maximum atomic E-state index is 13.3. The predicted molar refractivity (Wildman–Crippen MR) is 109 cm³/mol. The molecule has 1 atom stereocenters. The third-order valence-corrected chi connectivity index (χ3v) is 7.38. The van der Waals surface area contributed by atoms with Crippen LogP contribution in [0.2, 0.25) is 0 Å². The highest BCUT2D eigenvalue weighted by molar-refractivity contribution is 7.89. The second kappa shape index (κ2) is 7.62. The number of nitrogens with zero attached hydrogens (tertiary/aromatic N) is 3. The highest BCUT2D eigenvalue weighted by Crippen LogP contribution is 2.30. The summed E-state index contributed by atoms with van der Waals surface area (Å²) in [6.45, 7) is 1.73. The van der Waals surface area contributed by atoms with Crippen LogP contribution in [0.25, 0.3) is 11.0 Å². The number of Topliss-reactive ketones (excluding diaryl/α,β-unsaturated/α-hetero) is 1. The molecule has 1 aliphatic rings. The van der Waals surface area contributed by atoms with Gasteiger partial charge in [0.05, 0.1) is 11.7 Å². The van der Waals surface area contributed by atoms with Crippen molar-refractivity contribution in [1.82, 2.24) is 13.1 Å². The van der Waals surface area contributed by atoms with E-state index >= 15 is 0 Å². The van der Waals surface area contributed by atoms with Gasteiger partial charge in [0.2, 0.25) is 15.9 Å². The molecule has 1 aromatic heterocycles. The van der Waals surface area contributed by atoms with Crippen molar-refractivity contribution in [1.29, 1.82) is 0 Å². The Morgan fingerprint density at radius 1 is 1.14 bits per heavy atom. The molecule has 150 valence electrons. The molecule has 1 N–H and O–H groups in total. The van der Waals surface area contributed by atoms with E-state index in [4.69, 9.17) is 0 Å². The molecular weight excluding hydrogens is 412 g/mol. The van der Waals surface area contributed by atoms with Crippen LogP contribution in [0.3, 0.4) is 0 Å². The molecule has 10 heteroatoms. The van der Waals surface area contributed by atoms with Crippen LogP contribution in [0, 0.1) is 0 Å². The molecule has 29 heavy (non-hydrogen) atoms. The molecule has 1 unspecified atom stereocenters. The third-order valence-electron chi connectivity index (χ3n) is 4.90. The summed E-state index contributed by atoms with van der Waals surface area (Å²) in [5.74, 6) is -0.466. The van der Waals surface area contributed by atoms with Gasteiger partial charge >= 0.3 is 0 Å². The average Bonchev–Trinajstić information content (AvgIpc) is 3.37. The third kappa shape index (κ3) is 3.66. The van der Waals surface area contributed by atoms with Crippen molar-refractivity contribution in [2.24, 2.45) is 0 Å². The van der Waals surface area contributed by atoms with E-state index in [9.17, 15) is 18.0 Å². The molecule has 3 aromatic rings. The highest BCUT2D eigenvalue weighted by atomic mass is 32.2. The van der Waals surface area contributed by atoms with Crippen LogP contribution in [0.15, 0.2) is 47.4 Å². The van der Waals surface area contributed by atoms with E-state index in [2.05, 4.69) is 14.1 Å². The minimum atomic E-state index is -3.91. The van der Waals surface area contributed by atoms with E-state index in [0.717, 1.165) is 11.7 Å². The largest absolute Gasteiger partial charge is 0.325 e. The Morgan fingerprint density at radius 3 is 2.62 bits per heavy atom. The van der Waals surface area contributed by atoms with Crippen molar-refractivity contribution >= 4 is 50.2 Å². The number of sulfonamides is 1. The smallest absolute Gasteiger partial charge is 0.246 e. The van der Waals surface area contributed by atoms with Crippen LogP contribution in [0.5, 0.6) is 0 Å². The first-order chi connectivity index (χ1) is 13.9. The zero-order chi connectivity index (χ0) is 20.6. The first-order valence-electron chi connectivity index (χ1n) is 9.03. The Balaban J connectivity index is 1.59. The van der Waals surface area contributed by atoms with Gasteiger partial charge in [-0.15, -0.1) is 0 Å². The van der Waals surface area contributed by atoms with Gasteiger partial charge in [0.1, 0.15) is 22.0 Å². The number of benzene rings is 2. The summed E-state index contributed by atoms with van der Waals surface area (Å²) in [4.78, 5) is 24.3. The van der Waals surface area contributed by atoms with Gasteiger partial charge in [-0.3, -0.25) is 9.59 Å². The summed E-state index contributed by atoms with van der Waals surface area (Å²) >= 11 is 0.951. The number of fused-ring (bicyclic) bond motifs is 1. The molecule has 1 fully saturated rings. The van der Waals surface area contributed by atoms with Gasteiger partial charge < -0.3 is 5.32 Å². The van der Waals surface area contributed by atoms with Crippen LogP contribution >= 0.6 is 11.7 Å². The van der Waals surface area contributed by atoms with Crippen molar-refractivity contribution < 1.29 is 18.0 Å². The highest BCUT2D eigenvalue weighted by Gasteiger charge is 2.40. The van der Waals surface area contributed by atoms with Gasteiger partial charge in [0.15, 0.2) is 5.78 Å². The molecule has 2 aromatic carbocycles. The Bertz CT molecular complexity index is 1190. The molecule has 0 aliphatic carbocycles. The number of carbonyl (C=O) groups excluding carboxylic acids is 2. The van der Waals surface area contributed by atoms with E-state index in [1.807, 2.05) is 0 Å². The number of aromatic nitrogens is 2. The fourth-order valence-electron chi connectivity index (χ4n) is 3.42. The van der Waals surface area contributed by atoms with Gasteiger partial charge in [-0.25, -0.2) is 8.42 Å². The van der Waals surface area contributed by atoms with E-state index < -0.39 is 22.0 Å². The summed E-state index contributed by atoms with van der Waals surface area (Å²) in [5.41, 5.74) is 1.89.